The molecule has 0 saturated carbocycles. The molecule has 0 aromatic heterocycles. The van der Waals surface area contributed by atoms with Gasteiger partial charge in [0.25, 0.3) is 0 Å². The Morgan fingerprint density at radius 2 is 1.12 bits per heavy atom. The van der Waals surface area contributed by atoms with Gasteiger partial charge in [-0.25, -0.2) is 0 Å². The quantitative estimate of drug-likeness (QED) is 0.571. The van der Waals surface area contributed by atoms with Gasteiger partial charge in [0, 0.05) is 27.9 Å². The highest BCUT2D eigenvalue weighted by molar-refractivity contribution is 6.19. The summed E-state index contributed by atoms with van der Waals surface area (Å²) in [6.07, 6.45) is 0. The number of carbonyl (C=O) groups is 2. The molecule has 0 radical (unpaired) electrons. The van der Waals surface area contributed by atoms with E-state index < -0.39 is 0 Å². The molecule has 0 atom stereocenters. The fourth-order valence-corrected chi connectivity index (χ4v) is 2.56. The molecule has 0 aliphatic heterocycles. The number of rotatable bonds is 4. The van der Waals surface area contributed by atoms with Gasteiger partial charge < -0.3 is 11.5 Å². The summed E-state index contributed by atoms with van der Waals surface area (Å²) in [7, 11) is 0. The van der Waals surface area contributed by atoms with E-state index in [2.05, 4.69) is 0 Å². The molecule has 0 aliphatic rings. The first-order valence-electron chi connectivity index (χ1n) is 7.47. The molecule has 4 heteroatoms. The monoisotopic (exact) mass is 316 g/mol. The van der Waals surface area contributed by atoms with Crippen LogP contribution in [0.25, 0.3) is 0 Å². The van der Waals surface area contributed by atoms with Crippen LogP contribution in [-0.2, 0) is 0 Å². The number of benzene rings is 3. The first-order chi connectivity index (χ1) is 11.6. The van der Waals surface area contributed by atoms with E-state index in [9.17, 15) is 9.59 Å². The maximum atomic E-state index is 12.7. The average molecular weight is 316 g/mol. The lowest BCUT2D eigenvalue weighted by molar-refractivity contribution is 0.103. The zero-order valence-corrected chi connectivity index (χ0v) is 12.9. The van der Waals surface area contributed by atoms with Gasteiger partial charge >= 0.3 is 0 Å². The molecule has 24 heavy (non-hydrogen) atoms. The third-order valence-electron chi connectivity index (χ3n) is 3.84. The number of hydrogen-bond acceptors (Lipinski definition) is 4. The minimum absolute atomic E-state index is 0.166. The minimum Gasteiger partial charge on any atom is -0.398 e. The van der Waals surface area contributed by atoms with Crippen molar-refractivity contribution in [2.24, 2.45) is 0 Å². The molecule has 0 aliphatic carbocycles. The predicted molar refractivity (Wildman–Crippen MR) is 95.0 cm³/mol. The first kappa shape index (κ1) is 15.5. The molecule has 4 N–H and O–H groups in total. The summed E-state index contributed by atoms with van der Waals surface area (Å²) >= 11 is 0. The van der Waals surface area contributed by atoms with Gasteiger partial charge in [0.1, 0.15) is 0 Å². The Hall–Kier alpha value is -3.40. The number of nitrogen functional groups attached to an aromatic ring is 2. The molecule has 3 aromatic rings. The molecule has 0 heterocycles. The normalized spacial score (nSPS) is 10.3. The van der Waals surface area contributed by atoms with E-state index in [1.54, 1.807) is 66.7 Å². The van der Waals surface area contributed by atoms with Crippen LogP contribution in [0.1, 0.15) is 31.8 Å². The Balaban J connectivity index is 2.05. The zero-order valence-electron chi connectivity index (χ0n) is 12.9. The van der Waals surface area contributed by atoms with Crippen molar-refractivity contribution < 1.29 is 9.59 Å². The lowest BCUT2D eigenvalue weighted by Crippen LogP contribution is -2.12. The lowest BCUT2D eigenvalue weighted by Gasteiger charge is -2.11. The molecule has 0 unspecified atom stereocenters. The molecular weight excluding hydrogens is 300 g/mol. The summed E-state index contributed by atoms with van der Waals surface area (Å²) in [6.45, 7) is 0. The van der Waals surface area contributed by atoms with Gasteiger partial charge in [-0.1, -0.05) is 48.5 Å². The van der Waals surface area contributed by atoms with Gasteiger partial charge in [-0.05, 0) is 24.3 Å². The van der Waals surface area contributed by atoms with Crippen molar-refractivity contribution in [3.05, 3.63) is 95.1 Å². The van der Waals surface area contributed by atoms with Crippen LogP contribution in [0.15, 0.2) is 72.8 Å². The molecule has 3 rings (SSSR count). The lowest BCUT2D eigenvalue weighted by atomic mass is 9.94. The SMILES string of the molecule is Nc1ccccc1C(=O)c1cccc(C(=O)c2ccccc2)c1N. The Kier molecular flexibility index (Phi) is 4.12. The first-order valence-corrected chi connectivity index (χ1v) is 7.47. The van der Waals surface area contributed by atoms with Gasteiger partial charge in [0.15, 0.2) is 11.6 Å². The molecule has 0 fully saturated rings. The van der Waals surface area contributed by atoms with E-state index in [4.69, 9.17) is 11.5 Å². The molecule has 0 amide bonds. The van der Waals surface area contributed by atoms with Crippen molar-refractivity contribution in [3.8, 4) is 0 Å². The maximum absolute atomic E-state index is 12.7. The molecule has 118 valence electrons. The van der Waals surface area contributed by atoms with E-state index in [0.29, 0.717) is 22.4 Å². The Labute approximate surface area is 139 Å². The van der Waals surface area contributed by atoms with Crippen molar-refractivity contribution >= 4 is 22.9 Å². The number of anilines is 2. The summed E-state index contributed by atoms with van der Waals surface area (Å²) in [5, 5.41) is 0. The topological polar surface area (TPSA) is 86.2 Å². The highest BCUT2D eigenvalue weighted by Gasteiger charge is 2.20. The van der Waals surface area contributed by atoms with E-state index in [1.807, 2.05) is 6.07 Å². The predicted octanol–water partition coefficient (Wildman–Crippen LogP) is 3.31. The summed E-state index contributed by atoms with van der Waals surface area (Å²) in [4.78, 5) is 25.4. The number of hydrogen-bond donors (Lipinski definition) is 2. The summed E-state index contributed by atoms with van der Waals surface area (Å²) in [6, 6.07) is 20.5. The van der Waals surface area contributed by atoms with E-state index in [-0.39, 0.29) is 22.8 Å². The van der Waals surface area contributed by atoms with Crippen LogP contribution in [0.4, 0.5) is 11.4 Å². The largest absolute Gasteiger partial charge is 0.398 e. The number of ketones is 2. The van der Waals surface area contributed by atoms with Crippen molar-refractivity contribution in [1.29, 1.82) is 0 Å². The van der Waals surface area contributed by atoms with E-state index in [0.717, 1.165) is 0 Å². The third-order valence-corrected chi connectivity index (χ3v) is 3.84. The van der Waals surface area contributed by atoms with Gasteiger partial charge in [0.2, 0.25) is 0 Å². The van der Waals surface area contributed by atoms with E-state index in [1.165, 1.54) is 0 Å². The van der Waals surface area contributed by atoms with Crippen molar-refractivity contribution in [2.45, 2.75) is 0 Å². The molecular formula is C20H16N2O2. The van der Waals surface area contributed by atoms with Crippen LogP contribution in [0.3, 0.4) is 0 Å². The van der Waals surface area contributed by atoms with Crippen molar-refractivity contribution in [3.63, 3.8) is 0 Å². The highest BCUT2D eigenvalue weighted by atomic mass is 16.1. The second-order valence-corrected chi connectivity index (χ2v) is 5.38. The third kappa shape index (κ3) is 2.77. The Bertz CT molecular complexity index is 918. The Morgan fingerprint density at radius 1 is 0.583 bits per heavy atom. The van der Waals surface area contributed by atoms with Gasteiger partial charge in [-0.15, -0.1) is 0 Å². The van der Waals surface area contributed by atoms with E-state index >= 15 is 0 Å². The molecule has 4 nitrogen and oxygen atoms in total. The number of nitrogens with two attached hydrogens (primary N) is 2. The molecule has 3 aromatic carbocycles. The van der Waals surface area contributed by atoms with Crippen LogP contribution in [0, 0.1) is 0 Å². The fourth-order valence-electron chi connectivity index (χ4n) is 2.56. The van der Waals surface area contributed by atoms with Crippen LogP contribution >= 0.6 is 0 Å². The van der Waals surface area contributed by atoms with Gasteiger partial charge in [-0.2, -0.15) is 0 Å². The average Bonchev–Trinajstić information content (AvgIpc) is 2.62. The summed E-state index contributed by atoms with van der Waals surface area (Å²) in [5.41, 5.74) is 14.0. The fraction of sp³-hybridized carbons (Fsp3) is 0. The van der Waals surface area contributed by atoms with Gasteiger partial charge in [0.05, 0.1) is 5.69 Å². The Morgan fingerprint density at radius 3 is 1.79 bits per heavy atom. The van der Waals surface area contributed by atoms with Crippen molar-refractivity contribution in [2.75, 3.05) is 11.5 Å². The molecule has 0 saturated heterocycles. The highest BCUT2D eigenvalue weighted by Crippen LogP contribution is 2.25. The van der Waals surface area contributed by atoms with Crippen LogP contribution in [0.2, 0.25) is 0 Å². The second kappa shape index (κ2) is 6.38. The maximum Gasteiger partial charge on any atom is 0.197 e. The molecule has 0 spiro atoms. The minimum atomic E-state index is -0.298. The van der Waals surface area contributed by atoms with Crippen LogP contribution < -0.4 is 11.5 Å². The summed E-state index contributed by atoms with van der Waals surface area (Å²) in [5.74, 6) is -0.517. The summed E-state index contributed by atoms with van der Waals surface area (Å²) < 4.78 is 0. The van der Waals surface area contributed by atoms with Crippen LogP contribution in [-0.4, -0.2) is 11.6 Å². The second-order valence-electron chi connectivity index (χ2n) is 5.38. The van der Waals surface area contributed by atoms with Gasteiger partial charge in [-0.3, -0.25) is 9.59 Å². The standard InChI is InChI=1S/C20H16N2O2/c21-17-12-5-4-9-14(17)20(24)16-11-6-10-15(18(16)22)19(23)13-7-2-1-3-8-13/h1-12H,21-22H2. The van der Waals surface area contributed by atoms with Crippen LogP contribution in [0.5, 0.6) is 0 Å². The zero-order chi connectivity index (χ0) is 17.1. The number of carbonyl (C=O) groups excluding carboxylic acids is 2. The smallest absolute Gasteiger partial charge is 0.197 e. The van der Waals surface area contributed by atoms with Crippen molar-refractivity contribution in [1.82, 2.24) is 0 Å². The number of para-hydroxylation sites is 2. The molecule has 0 bridgehead atoms.